The average Bonchev–Trinajstić information content (AvgIpc) is 2.48. The van der Waals surface area contributed by atoms with Gasteiger partial charge < -0.3 is 4.74 Å². The number of esters is 1. The molecule has 0 unspecified atom stereocenters. The van der Waals surface area contributed by atoms with E-state index in [1.165, 1.54) is 51.4 Å². The third kappa shape index (κ3) is 4.49. The Kier molecular flexibility index (Phi) is 6.38. The molecule has 0 aromatic rings. The second-order valence-electron chi connectivity index (χ2n) is 6.96. The van der Waals surface area contributed by atoms with E-state index in [0.717, 1.165) is 30.6 Å². The minimum Gasteiger partial charge on any atom is -0.462 e. The number of hydrogen-bond acceptors (Lipinski definition) is 2. The molecule has 0 aromatic heterocycles. The van der Waals surface area contributed by atoms with Crippen molar-refractivity contribution in [1.82, 2.24) is 0 Å². The van der Waals surface area contributed by atoms with Crippen molar-refractivity contribution >= 4 is 5.97 Å². The van der Waals surface area contributed by atoms with Crippen molar-refractivity contribution < 1.29 is 9.53 Å². The molecular weight excluding hydrogens is 248 g/mol. The van der Waals surface area contributed by atoms with Gasteiger partial charge in [-0.05, 0) is 56.3 Å². The Bertz CT molecular complexity index is 292. The highest BCUT2D eigenvalue weighted by Crippen LogP contribution is 2.41. The van der Waals surface area contributed by atoms with Crippen molar-refractivity contribution in [2.75, 3.05) is 0 Å². The predicted octanol–water partition coefficient (Wildman–Crippen LogP) is 5.10. The maximum atomic E-state index is 11.5. The summed E-state index contributed by atoms with van der Waals surface area (Å²) >= 11 is 0. The first kappa shape index (κ1) is 15.9. The highest BCUT2D eigenvalue weighted by Gasteiger charge is 2.32. The minimum atomic E-state index is -0.0118. The van der Waals surface area contributed by atoms with Crippen LogP contribution in [0.15, 0.2) is 0 Å². The van der Waals surface area contributed by atoms with Gasteiger partial charge in [0.05, 0.1) is 0 Å². The maximum absolute atomic E-state index is 11.5. The highest BCUT2D eigenvalue weighted by atomic mass is 16.5. The second kappa shape index (κ2) is 8.05. The van der Waals surface area contributed by atoms with E-state index < -0.39 is 0 Å². The molecule has 2 heteroatoms. The van der Waals surface area contributed by atoms with Crippen LogP contribution < -0.4 is 0 Å². The summed E-state index contributed by atoms with van der Waals surface area (Å²) in [6.45, 7) is 4.19. The summed E-state index contributed by atoms with van der Waals surface area (Å²) in [4.78, 5) is 11.5. The largest absolute Gasteiger partial charge is 0.462 e. The summed E-state index contributed by atoms with van der Waals surface area (Å²) < 4.78 is 5.58. The average molecular weight is 280 g/mol. The molecule has 0 radical (unpaired) electrons. The van der Waals surface area contributed by atoms with Crippen LogP contribution in [-0.2, 0) is 9.53 Å². The van der Waals surface area contributed by atoms with Crippen molar-refractivity contribution in [3.05, 3.63) is 0 Å². The van der Waals surface area contributed by atoms with Crippen LogP contribution in [0.2, 0.25) is 0 Å². The lowest BCUT2D eigenvalue weighted by atomic mass is 9.70. The molecular formula is C18H32O2. The summed E-state index contributed by atoms with van der Waals surface area (Å²) in [5.74, 6) is 2.71. The van der Waals surface area contributed by atoms with E-state index in [1.54, 1.807) is 0 Å². The molecule has 0 amide bonds. The van der Waals surface area contributed by atoms with Gasteiger partial charge in [0.2, 0.25) is 0 Å². The third-order valence-electron chi connectivity index (χ3n) is 5.51. The molecule has 2 saturated carbocycles. The molecule has 0 aromatic carbocycles. The van der Waals surface area contributed by atoms with Gasteiger partial charge in [0, 0.05) is 6.42 Å². The number of carbonyl (C=O) groups excluding carboxylic acids is 1. The lowest BCUT2D eigenvalue weighted by Crippen LogP contribution is -2.31. The highest BCUT2D eigenvalue weighted by molar-refractivity contribution is 5.69. The summed E-state index contributed by atoms with van der Waals surface area (Å²) in [6, 6.07) is 0. The molecule has 0 aliphatic heterocycles. The van der Waals surface area contributed by atoms with Gasteiger partial charge in [0.1, 0.15) is 6.10 Å². The van der Waals surface area contributed by atoms with E-state index >= 15 is 0 Å². The molecule has 2 rings (SSSR count). The molecule has 2 fully saturated rings. The van der Waals surface area contributed by atoms with Crippen molar-refractivity contribution in [3.63, 3.8) is 0 Å². The minimum absolute atomic E-state index is 0.0118. The van der Waals surface area contributed by atoms with Gasteiger partial charge in [-0.25, -0.2) is 0 Å². The molecule has 116 valence electrons. The Morgan fingerprint density at radius 2 is 1.75 bits per heavy atom. The zero-order valence-electron chi connectivity index (χ0n) is 13.4. The molecule has 0 saturated heterocycles. The zero-order valence-corrected chi connectivity index (χ0v) is 13.4. The van der Waals surface area contributed by atoms with Gasteiger partial charge in [-0.3, -0.25) is 4.79 Å². The van der Waals surface area contributed by atoms with Gasteiger partial charge >= 0.3 is 5.97 Å². The summed E-state index contributed by atoms with van der Waals surface area (Å²) in [5.41, 5.74) is 0. The quantitative estimate of drug-likeness (QED) is 0.654. The molecule has 0 heterocycles. The van der Waals surface area contributed by atoms with Crippen LogP contribution in [0.4, 0.5) is 0 Å². The van der Waals surface area contributed by atoms with Crippen LogP contribution in [0.1, 0.15) is 84.5 Å². The maximum Gasteiger partial charge on any atom is 0.305 e. The molecule has 0 N–H and O–H groups in total. The molecule has 2 nitrogen and oxygen atoms in total. The van der Waals surface area contributed by atoms with Crippen LogP contribution in [0, 0.1) is 17.8 Å². The number of ether oxygens (including phenoxy) is 1. The standard InChI is InChI=1S/C18H32O2/c1-3-6-14-9-11-15(12-10-14)16-7-5-8-17(13-16)20-18(19)4-2/h14-17H,3-13H2,1-2H3/t14-,15+,16-,17-/m1/s1. The van der Waals surface area contributed by atoms with Crippen LogP contribution in [-0.4, -0.2) is 12.1 Å². The lowest BCUT2D eigenvalue weighted by molar-refractivity contribution is -0.151. The van der Waals surface area contributed by atoms with E-state index in [9.17, 15) is 4.79 Å². The Morgan fingerprint density at radius 1 is 1.00 bits per heavy atom. The summed E-state index contributed by atoms with van der Waals surface area (Å²) in [7, 11) is 0. The summed E-state index contributed by atoms with van der Waals surface area (Å²) in [5, 5.41) is 0. The Balaban J connectivity index is 1.76. The fourth-order valence-electron chi connectivity index (χ4n) is 4.34. The van der Waals surface area contributed by atoms with Gasteiger partial charge in [-0.2, -0.15) is 0 Å². The smallest absolute Gasteiger partial charge is 0.305 e. The van der Waals surface area contributed by atoms with Gasteiger partial charge in [-0.15, -0.1) is 0 Å². The van der Waals surface area contributed by atoms with Gasteiger partial charge in [0.25, 0.3) is 0 Å². The van der Waals surface area contributed by atoms with Crippen LogP contribution in [0.5, 0.6) is 0 Å². The number of carbonyl (C=O) groups is 1. The fraction of sp³-hybridized carbons (Fsp3) is 0.944. The molecule has 20 heavy (non-hydrogen) atoms. The SMILES string of the molecule is CCC[C@H]1CC[C@@H]([C@@H]2CCC[C@@H](OC(=O)CC)C2)CC1. The third-order valence-corrected chi connectivity index (χ3v) is 5.51. The van der Waals surface area contributed by atoms with Gasteiger partial charge in [-0.1, -0.05) is 39.5 Å². The Morgan fingerprint density at radius 3 is 2.40 bits per heavy atom. The van der Waals surface area contributed by atoms with E-state index in [2.05, 4.69) is 6.92 Å². The van der Waals surface area contributed by atoms with Crippen molar-refractivity contribution in [1.29, 1.82) is 0 Å². The molecule has 2 aliphatic rings. The van der Waals surface area contributed by atoms with E-state index in [-0.39, 0.29) is 12.1 Å². The Labute approximate surface area is 124 Å². The van der Waals surface area contributed by atoms with Crippen LogP contribution in [0.25, 0.3) is 0 Å². The zero-order chi connectivity index (χ0) is 14.4. The predicted molar refractivity (Wildman–Crippen MR) is 82.5 cm³/mol. The van der Waals surface area contributed by atoms with Crippen LogP contribution >= 0.6 is 0 Å². The second-order valence-corrected chi connectivity index (χ2v) is 6.96. The molecule has 2 atom stereocenters. The molecule has 2 aliphatic carbocycles. The van der Waals surface area contributed by atoms with E-state index in [0.29, 0.717) is 6.42 Å². The first-order valence-corrected chi connectivity index (χ1v) is 8.92. The van der Waals surface area contributed by atoms with E-state index in [4.69, 9.17) is 4.74 Å². The molecule has 0 spiro atoms. The van der Waals surface area contributed by atoms with Gasteiger partial charge in [0.15, 0.2) is 0 Å². The van der Waals surface area contributed by atoms with E-state index in [1.807, 2.05) is 6.92 Å². The monoisotopic (exact) mass is 280 g/mol. The first-order chi connectivity index (χ1) is 9.72. The van der Waals surface area contributed by atoms with Crippen molar-refractivity contribution in [2.24, 2.45) is 17.8 Å². The topological polar surface area (TPSA) is 26.3 Å². The van der Waals surface area contributed by atoms with Crippen LogP contribution in [0.3, 0.4) is 0 Å². The van der Waals surface area contributed by atoms with Crippen molar-refractivity contribution in [2.45, 2.75) is 90.6 Å². The molecule has 0 bridgehead atoms. The number of hydrogen-bond donors (Lipinski definition) is 0. The Hall–Kier alpha value is -0.530. The fourth-order valence-corrected chi connectivity index (χ4v) is 4.34. The summed E-state index contributed by atoms with van der Waals surface area (Å²) in [6.07, 6.45) is 14.1. The normalized spacial score (nSPS) is 34.7. The first-order valence-electron chi connectivity index (χ1n) is 8.92. The number of rotatable bonds is 5. The lowest BCUT2D eigenvalue weighted by Gasteiger charge is -2.38. The van der Waals surface area contributed by atoms with Crippen molar-refractivity contribution in [3.8, 4) is 0 Å².